The van der Waals surface area contributed by atoms with Gasteiger partial charge in [0.25, 0.3) is 11.8 Å². The summed E-state index contributed by atoms with van der Waals surface area (Å²) >= 11 is 0. The molecule has 0 radical (unpaired) electrons. The molecule has 0 spiro atoms. The molecule has 3 rings (SSSR count). The third-order valence-corrected chi connectivity index (χ3v) is 5.39. The number of nitrogens with zero attached hydrogens (tertiary/aromatic N) is 4. The minimum absolute atomic E-state index is 0.0459. The lowest BCUT2D eigenvalue weighted by molar-refractivity contribution is 0.0565. The fraction of sp³-hybridized carbons (Fsp3) is 0.600. The molecule has 152 valence electrons. The number of hydrogen-bond acceptors (Lipinski definition) is 5. The van der Waals surface area contributed by atoms with E-state index in [9.17, 15) is 14.4 Å². The lowest BCUT2D eigenvalue weighted by atomic mass is 9.98. The SMILES string of the molecule is CCOC(=O)N1CCN(C(=O)c2cc(C(=O)N3CCC(C)CC3)ccn2)CC1. The molecule has 0 aliphatic carbocycles. The van der Waals surface area contributed by atoms with Crippen LogP contribution >= 0.6 is 0 Å². The molecule has 3 heterocycles. The van der Waals surface area contributed by atoms with Crippen LogP contribution in [0.5, 0.6) is 0 Å². The molecule has 2 saturated heterocycles. The molecule has 2 aliphatic heterocycles. The van der Waals surface area contributed by atoms with Crippen molar-refractivity contribution in [3.8, 4) is 0 Å². The average Bonchev–Trinajstić information content (AvgIpc) is 2.73. The number of amides is 3. The van der Waals surface area contributed by atoms with E-state index in [2.05, 4.69) is 11.9 Å². The van der Waals surface area contributed by atoms with Gasteiger partial charge in [0.1, 0.15) is 5.69 Å². The quantitative estimate of drug-likeness (QED) is 0.789. The highest BCUT2D eigenvalue weighted by molar-refractivity contribution is 5.98. The van der Waals surface area contributed by atoms with E-state index in [-0.39, 0.29) is 23.6 Å². The van der Waals surface area contributed by atoms with Crippen molar-refractivity contribution in [3.05, 3.63) is 29.6 Å². The van der Waals surface area contributed by atoms with Crippen molar-refractivity contribution in [3.63, 3.8) is 0 Å². The zero-order valence-electron chi connectivity index (χ0n) is 16.6. The highest BCUT2D eigenvalue weighted by Gasteiger charge is 2.27. The fourth-order valence-electron chi connectivity index (χ4n) is 3.54. The summed E-state index contributed by atoms with van der Waals surface area (Å²) in [6.07, 6.45) is 3.18. The van der Waals surface area contributed by atoms with E-state index in [1.165, 1.54) is 6.20 Å². The van der Waals surface area contributed by atoms with Gasteiger partial charge in [0.15, 0.2) is 0 Å². The van der Waals surface area contributed by atoms with Crippen LogP contribution in [-0.2, 0) is 4.74 Å². The molecule has 1 aromatic heterocycles. The first-order valence-corrected chi connectivity index (χ1v) is 9.96. The summed E-state index contributed by atoms with van der Waals surface area (Å²) in [5, 5.41) is 0. The molecule has 8 heteroatoms. The summed E-state index contributed by atoms with van der Waals surface area (Å²) < 4.78 is 5.00. The van der Waals surface area contributed by atoms with Crippen molar-refractivity contribution in [2.24, 2.45) is 5.92 Å². The second-order valence-corrected chi connectivity index (χ2v) is 7.38. The van der Waals surface area contributed by atoms with Gasteiger partial charge in [-0.3, -0.25) is 14.6 Å². The second kappa shape index (κ2) is 9.03. The smallest absolute Gasteiger partial charge is 0.409 e. The van der Waals surface area contributed by atoms with Crippen molar-refractivity contribution in [1.29, 1.82) is 0 Å². The third kappa shape index (κ3) is 4.61. The van der Waals surface area contributed by atoms with Gasteiger partial charge in [0.05, 0.1) is 6.61 Å². The van der Waals surface area contributed by atoms with E-state index in [4.69, 9.17) is 4.74 Å². The van der Waals surface area contributed by atoms with Gasteiger partial charge < -0.3 is 19.4 Å². The van der Waals surface area contributed by atoms with Crippen LogP contribution in [0.1, 0.15) is 47.5 Å². The van der Waals surface area contributed by atoms with Crippen molar-refractivity contribution >= 4 is 17.9 Å². The highest BCUT2D eigenvalue weighted by Crippen LogP contribution is 2.18. The van der Waals surface area contributed by atoms with E-state index in [1.54, 1.807) is 28.9 Å². The van der Waals surface area contributed by atoms with Crippen LogP contribution in [0.2, 0.25) is 0 Å². The predicted molar refractivity (Wildman–Crippen MR) is 103 cm³/mol. The van der Waals surface area contributed by atoms with Crippen molar-refractivity contribution in [2.45, 2.75) is 26.7 Å². The van der Waals surface area contributed by atoms with E-state index < -0.39 is 0 Å². The number of rotatable bonds is 3. The Bertz CT molecular complexity index is 723. The van der Waals surface area contributed by atoms with Crippen LogP contribution in [0.15, 0.2) is 18.3 Å². The zero-order chi connectivity index (χ0) is 20.1. The molecule has 2 fully saturated rings. The molecular weight excluding hydrogens is 360 g/mol. The summed E-state index contributed by atoms with van der Waals surface area (Å²) in [4.78, 5) is 46.6. The van der Waals surface area contributed by atoms with Crippen LogP contribution in [0.25, 0.3) is 0 Å². The third-order valence-electron chi connectivity index (χ3n) is 5.39. The molecule has 2 aliphatic rings. The summed E-state index contributed by atoms with van der Waals surface area (Å²) in [6, 6.07) is 3.25. The lowest BCUT2D eigenvalue weighted by Crippen LogP contribution is -2.50. The maximum Gasteiger partial charge on any atom is 0.409 e. The molecule has 28 heavy (non-hydrogen) atoms. The van der Waals surface area contributed by atoms with Gasteiger partial charge >= 0.3 is 6.09 Å². The molecular formula is C20H28N4O4. The Morgan fingerprint density at radius 1 is 1.00 bits per heavy atom. The fourth-order valence-corrected chi connectivity index (χ4v) is 3.54. The van der Waals surface area contributed by atoms with E-state index in [1.807, 2.05) is 4.90 Å². The molecule has 8 nitrogen and oxygen atoms in total. The lowest BCUT2D eigenvalue weighted by Gasteiger charge is -2.34. The molecule has 0 unspecified atom stereocenters. The summed E-state index contributed by atoms with van der Waals surface area (Å²) in [6.45, 7) is 7.49. The molecule has 3 amide bonds. The monoisotopic (exact) mass is 388 g/mol. The number of hydrogen-bond donors (Lipinski definition) is 0. The number of aromatic nitrogens is 1. The maximum absolute atomic E-state index is 12.8. The Hall–Kier alpha value is -2.64. The number of ether oxygens (including phenoxy) is 1. The van der Waals surface area contributed by atoms with Crippen LogP contribution in [-0.4, -0.2) is 83.5 Å². The van der Waals surface area contributed by atoms with Gasteiger partial charge in [-0.05, 0) is 37.8 Å². The average molecular weight is 388 g/mol. The Labute approximate surface area is 165 Å². The highest BCUT2D eigenvalue weighted by atomic mass is 16.6. The minimum atomic E-state index is -0.351. The molecule has 0 saturated carbocycles. The summed E-state index contributed by atoms with van der Waals surface area (Å²) in [7, 11) is 0. The first-order valence-electron chi connectivity index (χ1n) is 9.96. The van der Waals surface area contributed by atoms with Gasteiger partial charge in [-0.25, -0.2) is 4.79 Å². The van der Waals surface area contributed by atoms with Gasteiger partial charge in [0, 0.05) is 51.0 Å². The first-order chi connectivity index (χ1) is 13.5. The molecule has 0 N–H and O–H groups in total. The van der Waals surface area contributed by atoms with Crippen molar-refractivity contribution < 1.29 is 19.1 Å². The Balaban J connectivity index is 1.61. The maximum atomic E-state index is 12.8. The Kier molecular flexibility index (Phi) is 6.49. The van der Waals surface area contributed by atoms with Gasteiger partial charge in [-0.15, -0.1) is 0 Å². The summed E-state index contributed by atoms with van der Waals surface area (Å²) in [5.74, 6) is 0.382. The van der Waals surface area contributed by atoms with Crippen molar-refractivity contribution in [1.82, 2.24) is 19.7 Å². The van der Waals surface area contributed by atoms with Crippen LogP contribution in [0, 0.1) is 5.92 Å². The normalized spacial score (nSPS) is 18.1. The van der Waals surface area contributed by atoms with Crippen LogP contribution in [0.4, 0.5) is 4.79 Å². The minimum Gasteiger partial charge on any atom is -0.450 e. The number of piperidine rings is 1. The second-order valence-electron chi connectivity index (χ2n) is 7.38. The molecule has 0 atom stereocenters. The number of pyridine rings is 1. The Morgan fingerprint density at radius 2 is 1.61 bits per heavy atom. The predicted octanol–water partition coefficient (Wildman–Crippen LogP) is 1.87. The van der Waals surface area contributed by atoms with E-state index in [0.29, 0.717) is 44.3 Å². The molecule has 0 bridgehead atoms. The van der Waals surface area contributed by atoms with E-state index in [0.717, 1.165) is 25.9 Å². The number of likely N-dealkylation sites (tertiary alicyclic amines) is 1. The number of carbonyl (C=O) groups excluding carboxylic acids is 3. The Morgan fingerprint density at radius 3 is 2.25 bits per heavy atom. The van der Waals surface area contributed by atoms with Crippen LogP contribution < -0.4 is 0 Å². The van der Waals surface area contributed by atoms with Gasteiger partial charge in [-0.2, -0.15) is 0 Å². The summed E-state index contributed by atoms with van der Waals surface area (Å²) in [5.41, 5.74) is 0.763. The molecule has 0 aromatic carbocycles. The van der Waals surface area contributed by atoms with Crippen LogP contribution in [0.3, 0.4) is 0 Å². The van der Waals surface area contributed by atoms with Gasteiger partial charge in [0.2, 0.25) is 0 Å². The van der Waals surface area contributed by atoms with Gasteiger partial charge in [-0.1, -0.05) is 6.92 Å². The van der Waals surface area contributed by atoms with Crippen molar-refractivity contribution in [2.75, 3.05) is 45.9 Å². The zero-order valence-corrected chi connectivity index (χ0v) is 16.6. The molecule has 1 aromatic rings. The largest absolute Gasteiger partial charge is 0.450 e. The number of carbonyl (C=O) groups is 3. The first kappa shape index (κ1) is 20.1. The van der Waals surface area contributed by atoms with E-state index >= 15 is 0 Å². The number of piperazine rings is 1. The topological polar surface area (TPSA) is 83.0 Å². The standard InChI is InChI=1S/C20H28N4O4/c1-3-28-20(27)24-12-10-23(11-13-24)19(26)17-14-16(4-7-21-17)18(25)22-8-5-15(2)6-9-22/h4,7,14-15H,3,5-6,8-13H2,1-2H3.